The Balaban J connectivity index is 2.08. The van der Waals surface area contributed by atoms with Gasteiger partial charge in [-0.25, -0.2) is 4.68 Å². The number of halogens is 1. The average Bonchev–Trinajstić information content (AvgIpc) is 2.98. The lowest BCUT2D eigenvalue weighted by atomic mass is 10.2. The van der Waals surface area contributed by atoms with Crippen LogP contribution in [0.15, 0.2) is 10.7 Å². The van der Waals surface area contributed by atoms with Crippen LogP contribution in [0, 0.1) is 6.92 Å². The molecule has 0 fully saturated rings. The molecule has 0 aliphatic rings. The summed E-state index contributed by atoms with van der Waals surface area (Å²) in [6.07, 6.45) is 2.00. The van der Waals surface area contributed by atoms with Gasteiger partial charge in [-0.1, -0.05) is 5.21 Å². The third-order valence-corrected chi connectivity index (χ3v) is 3.98. The fraction of sp³-hybridized carbons (Fsp3) is 0.500. The van der Waals surface area contributed by atoms with E-state index in [1.165, 1.54) is 4.68 Å². The molecule has 0 spiro atoms. The van der Waals surface area contributed by atoms with Gasteiger partial charge in [0.15, 0.2) is 5.78 Å². The van der Waals surface area contributed by atoms with Gasteiger partial charge in [0.25, 0.3) is 0 Å². The van der Waals surface area contributed by atoms with Crippen molar-refractivity contribution in [2.45, 2.75) is 39.9 Å². The summed E-state index contributed by atoms with van der Waals surface area (Å²) >= 11 is 3.48. The minimum Gasteiger partial charge on any atom is -0.325 e. The second-order valence-electron chi connectivity index (χ2n) is 4.49. The van der Waals surface area contributed by atoms with Crippen molar-refractivity contribution in [1.82, 2.24) is 24.8 Å². The molecule has 2 N–H and O–H groups in total. The van der Waals surface area contributed by atoms with Crippen molar-refractivity contribution in [3.63, 3.8) is 0 Å². The van der Waals surface area contributed by atoms with Crippen LogP contribution in [0.1, 0.15) is 24.0 Å². The van der Waals surface area contributed by atoms with Gasteiger partial charge in [-0.05, 0) is 29.8 Å². The van der Waals surface area contributed by atoms with Gasteiger partial charge in [0, 0.05) is 13.1 Å². The lowest BCUT2D eigenvalue weighted by Crippen LogP contribution is -2.16. The molecule has 0 radical (unpaired) electrons. The van der Waals surface area contributed by atoms with E-state index in [1.807, 2.05) is 18.5 Å². The highest BCUT2D eigenvalue weighted by molar-refractivity contribution is 9.10. The zero-order chi connectivity index (χ0) is 14.7. The molecule has 0 aliphatic carbocycles. The molecule has 0 atom stereocenters. The van der Waals surface area contributed by atoms with Crippen LogP contribution < -0.4 is 5.73 Å². The molecule has 0 aromatic carbocycles. The molecule has 20 heavy (non-hydrogen) atoms. The summed E-state index contributed by atoms with van der Waals surface area (Å²) in [5.41, 5.74) is 7.92. The first-order chi connectivity index (χ1) is 9.55. The summed E-state index contributed by atoms with van der Waals surface area (Å²) in [4.78, 5) is 12.1. The Kier molecular flexibility index (Phi) is 4.66. The molecule has 0 amide bonds. The van der Waals surface area contributed by atoms with Crippen molar-refractivity contribution in [3.05, 3.63) is 27.8 Å². The number of hydrogen-bond acceptors (Lipinski definition) is 5. The highest BCUT2D eigenvalue weighted by Crippen LogP contribution is 2.21. The normalized spacial score (nSPS) is 11.0. The number of Topliss-reactive ketones (excluding diaryl/α,β-unsaturated/α-hetero) is 1. The minimum atomic E-state index is 0.0498. The molecule has 2 aromatic rings. The molecular weight excluding hydrogens is 324 g/mol. The zero-order valence-corrected chi connectivity index (χ0v) is 13.1. The standard InChI is InChI=1S/C12H17BrN6O/c1-3-19-11(12(13)8(2)16-19)4-10(20)7-18-6-9(5-14)15-17-18/h6H,3-5,7,14H2,1-2H3. The van der Waals surface area contributed by atoms with Crippen molar-refractivity contribution >= 4 is 21.7 Å². The number of hydrogen-bond donors (Lipinski definition) is 1. The first kappa shape index (κ1) is 14.9. The predicted octanol–water partition coefficient (Wildman–Crippen LogP) is 0.836. The number of aromatic nitrogens is 5. The van der Waals surface area contributed by atoms with E-state index in [2.05, 4.69) is 31.3 Å². The van der Waals surface area contributed by atoms with E-state index in [9.17, 15) is 4.79 Å². The molecule has 8 heteroatoms. The van der Waals surface area contributed by atoms with Crippen LogP contribution in [0.4, 0.5) is 0 Å². The summed E-state index contributed by atoms with van der Waals surface area (Å²) in [5.74, 6) is 0.0498. The maximum Gasteiger partial charge on any atom is 0.160 e. The van der Waals surface area contributed by atoms with Crippen LogP contribution in [-0.2, 0) is 30.8 Å². The Bertz CT molecular complexity index is 617. The van der Waals surface area contributed by atoms with E-state index >= 15 is 0 Å². The summed E-state index contributed by atoms with van der Waals surface area (Å²) in [6, 6.07) is 0. The van der Waals surface area contributed by atoms with E-state index in [0.717, 1.165) is 22.4 Å². The van der Waals surface area contributed by atoms with Gasteiger partial charge in [0.05, 0.1) is 34.2 Å². The van der Waals surface area contributed by atoms with Gasteiger partial charge in [0.2, 0.25) is 0 Å². The highest BCUT2D eigenvalue weighted by Gasteiger charge is 2.16. The number of aryl methyl sites for hydroxylation is 2. The molecule has 108 valence electrons. The summed E-state index contributed by atoms with van der Waals surface area (Å²) in [5, 5.41) is 12.1. The fourth-order valence-corrected chi connectivity index (χ4v) is 2.39. The van der Waals surface area contributed by atoms with E-state index in [-0.39, 0.29) is 12.3 Å². The largest absolute Gasteiger partial charge is 0.325 e. The van der Waals surface area contributed by atoms with E-state index in [0.29, 0.717) is 18.7 Å². The van der Waals surface area contributed by atoms with Gasteiger partial charge in [-0.3, -0.25) is 9.48 Å². The van der Waals surface area contributed by atoms with Crippen molar-refractivity contribution in [3.8, 4) is 0 Å². The fourth-order valence-electron chi connectivity index (χ4n) is 1.97. The molecule has 0 unspecified atom stereocenters. The predicted molar refractivity (Wildman–Crippen MR) is 77.0 cm³/mol. The monoisotopic (exact) mass is 340 g/mol. The Labute approximate surface area is 125 Å². The van der Waals surface area contributed by atoms with Gasteiger partial charge >= 0.3 is 0 Å². The van der Waals surface area contributed by atoms with E-state index in [1.54, 1.807) is 6.20 Å². The quantitative estimate of drug-likeness (QED) is 0.841. The van der Waals surface area contributed by atoms with Crippen LogP contribution >= 0.6 is 15.9 Å². The number of nitrogens with two attached hydrogens (primary N) is 1. The average molecular weight is 341 g/mol. The first-order valence-corrected chi connectivity index (χ1v) is 7.17. The van der Waals surface area contributed by atoms with E-state index in [4.69, 9.17) is 5.73 Å². The SMILES string of the molecule is CCn1nc(C)c(Br)c1CC(=O)Cn1cc(CN)nn1. The molecule has 2 heterocycles. The Morgan fingerprint density at radius 3 is 2.85 bits per heavy atom. The van der Waals surface area contributed by atoms with Crippen molar-refractivity contribution in [2.75, 3.05) is 0 Å². The topological polar surface area (TPSA) is 91.6 Å². The number of carbonyl (C=O) groups is 1. The van der Waals surface area contributed by atoms with Crippen LogP contribution in [0.5, 0.6) is 0 Å². The molecular formula is C12H17BrN6O. The van der Waals surface area contributed by atoms with Crippen molar-refractivity contribution in [1.29, 1.82) is 0 Å². The van der Waals surface area contributed by atoms with Crippen molar-refractivity contribution < 1.29 is 4.79 Å². The zero-order valence-electron chi connectivity index (χ0n) is 11.5. The van der Waals surface area contributed by atoms with Crippen LogP contribution in [0.25, 0.3) is 0 Å². The summed E-state index contributed by atoms with van der Waals surface area (Å²) in [7, 11) is 0. The Morgan fingerprint density at radius 1 is 1.50 bits per heavy atom. The third-order valence-electron chi connectivity index (χ3n) is 2.95. The third kappa shape index (κ3) is 3.13. The van der Waals surface area contributed by atoms with Gasteiger partial charge in [-0.15, -0.1) is 5.10 Å². The molecule has 0 aliphatic heterocycles. The second kappa shape index (κ2) is 6.27. The second-order valence-corrected chi connectivity index (χ2v) is 5.28. The Morgan fingerprint density at radius 2 is 2.25 bits per heavy atom. The van der Waals surface area contributed by atoms with Crippen molar-refractivity contribution in [2.24, 2.45) is 5.73 Å². The molecule has 2 rings (SSSR count). The maximum atomic E-state index is 12.1. The van der Waals surface area contributed by atoms with Crippen LogP contribution in [-0.4, -0.2) is 30.6 Å². The lowest BCUT2D eigenvalue weighted by molar-refractivity contribution is -0.119. The Hall–Kier alpha value is -1.54. The van der Waals surface area contributed by atoms with Gasteiger partial charge < -0.3 is 5.73 Å². The number of carbonyl (C=O) groups excluding carboxylic acids is 1. The van der Waals surface area contributed by atoms with Gasteiger partial charge in [0.1, 0.15) is 6.54 Å². The number of rotatable bonds is 6. The maximum absolute atomic E-state index is 12.1. The minimum absolute atomic E-state index is 0.0498. The van der Waals surface area contributed by atoms with E-state index < -0.39 is 0 Å². The molecule has 0 bridgehead atoms. The first-order valence-electron chi connectivity index (χ1n) is 6.37. The summed E-state index contributed by atoms with van der Waals surface area (Å²) < 4.78 is 4.25. The lowest BCUT2D eigenvalue weighted by Gasteiger charge is -2.05. The number of nitrogens with zero attached hydrogens (tertiary/aromatic N) is 5. The molecule has 0 saturated carbocycles. The summed E-state index contributed by atoms with van der Waals surface area (Å²) in [6.45, 7) is 5.15. The molecule has 7 nitrogen and oxygen atoms in total. The van der Waals surface area contributed by atoms with Crippen LogP contribution in [0.2, 0.25) is 0 Å². The highest BCUT2D eigenvalue weighted by atomic mass is 79.9. The van der Waals surface area contributed by atoms with Gasteiger partial charge in [-0.2, -0.15) is 5.10 Å². The number of ketones is 1. The molecule has 2 aromatic heterocycles. The molecule has 0 saturated heterocycles. The van der Waals surface area contributed by atoms with Crippen LogP contribution in [0.3, 0.4) is 0 Å². The smallest absolute Gasteiger partial charge is 0.160 e.